The minimum Gasteiger partial charge on any atom is -0.478 e. The number of carbonyl (C=O) groups is 2. The third kappa shape index (κ3) is 6.54. The fraction of sp³-hybridized carbons (Fsp3) is 0.0952. The van der Waals surface area contributed by atoms with E-state index >= 15 is 0 Å². The molecule has 0 atom stereocenters. The first-order valence-corrected chi connectivity index (χ1v) is 11.3. The number of rotatable bonds is 7. The monoisotopic (exact) mass is 478 g/mol. The number of aliphatic carboxylic acids is 2. The van der Waals surface area contributed by atoms with Crippen molar-refractivity contribution in [2.75, 3.05) is 7.05 Å². The molecule has 8 nitrogen and oxygen atoms in total. The second kappa shape index (κ2) is 11.3. The van der Waals surface area contributed by atoms with Gasteiger partial charge in [0.2, 0.25) is 9.84 Å². The van der Waals surface area contributed by atoms with Crippen molar-refractivity contribution in [1.29, 1.82) is 0 Å². The van der Waals surface area contributed by atoms with Crippen molar-refractivity contribution in [1.82, 2.24) is 10.3 Å². The van der Waals surface area contributed by atoms with Gasteiger partial charge in [-0.2, -0.15) is 0 Å². The van der Waals surface area contributed by atoms with Gasteiger partial charge in [0.15, 0.2) is 0 Å². The van der Waals surface area contributed by atoms with Crippen molar-refractivity contribution in [3.63, 3.8) is 0 Å². The predicted molar refractivity (Wildman–Crippen MR) is 117 cm³/mol. The molecule has 2 aromatic heterocycles. The Balaban J connectivity index is 0.000000390. The SMILES string of the molecule is CNCc1cc(S(=O)(=O)c2cccnc2)c(-c2ccccc2F)s1.O=C(O)C=CC(=O)O. The zero-order valence-electron chi connectivity index (χ0n) is 16.7. The smallest absolute Gasteiger partial charge is 0.328 e. The third-order valence-corrected chi connectivity index (χ3v) is 6.88. The van der Waals surface area contributed by atoms with Crippen LogP contribution in [0.4, 0.5) is 4.39 Å². The number of nitrogens with one attached hydrogen (secondary N) is 1. The van der Waals surface area contributed by atoms with Gasteiger partial charge in [-0.3, -0.25) is 4.98 Å². The number of hydrogen-bond donors (Lipinski definition) is 3. The Bertz CT molecular complexity index is 1210. The topological polar surface area (TPSA) is 134 Å². The molecule has 3 rings (SSSR count). The van der Waals surface area contributed by atoms with Crippen molar-refractivity contribution in [2.24, 2.45) is 0 Å². The molecular weight excluding hydrogens is 459 g/mol. The number of carboxylic acids is 2. The molecule has 0 fully saturated rings. The van der Waals surface area contributed by atoms with E-state index in [4.69, 9.17) is 10.2 Å². The molecule has 168 valence electrons. The van der Waals surface area contributed by atoms with Crippen LogP contribution < -0.4 is 5.32 Å². The lowest BCUT2D eigenvalue weighted by atomic mass is 10.2. The zero-order valence-corrected chi connectivity index (χ0v) is 18.4. The van der Waals surface area contributed by atoms with Crippen molar-refractivity contribution in [2.45, 2.75) is 16.3 Å². The van der Waals surface area contributed by atoms with Crippen LogP contribution >= 0.6 is 11.3 Å². The number of pyridine rings is 1. The van der Waals surface area contributed by atoms with Gasteiger partial charge in [-0.05, 0) is 31.3 Å². The van der Waals surface area contributed by atoms with Crippen LogP contribution in [0.25, 0.3) is 10.4 Å². The highest BCUT2D eigenvalue weighted by Crippen LogP contribution is 2.39. The fourth-order valence-corrected chi connectivity index (χ4v) is 5.47. The van der Waals surface area contributed by atoms with Crippen LogP contribution in [-0.4, -0.2) is 42.6 Å². The number of hydrogen-bond acceptors (Lipinski definition) is 7. The average molecular weight is 479 g/mol. The lowest BCUT2D eigenvalue weighted by Gasteiger charge is -2.06. The van der Waals surface area contributed by atoms with E-state index in [1.807, 2.05) is 0 Å². The maximum atomic E-state index is 14.2. The van der Waals surface area contributed by atoms with E-state index in [2.05, 4.69) is 10.3 Å². The number of nitrogens with zero attached hydrogens (tertiary/aromatic N) is 1. The standard InChI is InChI=1S/C17H15FN2O2S2.C4H4O4/c1-19-10-12-9-16(24(21,22)13-5-4-8-20-11-13)17(23-12)14-6-2-3-7-15(14)18;5-3(6)1-2-4(7)8/h2-9,11,19H,10H2,1H3;1-2H,(H,5,6)(H,7,8). The Morgan fingerprint density at radius 3 is 2.31 bits per heavy atom. The number of carboxylic acid groups (broad SMARTS) is 2. The highest BCUT2D eigenvalue weighted by molar-refractivity contribution is 7.91. The molecule has 3 aromatic rings. The zero-order chi connectivity index (χ0) is 23.7. The summed E-state index contributed by atoms with van der Waals surface area (Å²) in [5.74, 6) is -2.96. The van der Waals surface area contributed by atoms with Crippen molar-refractivity contribution in [3.05, 3.63) is 77.7 Å². The van der Waals surface area contributed by atoms with Gasteiger partial charge in [0.05, 0.1) is 14.7 Å². The van der Waals surface area contributed by atoms with Crippen LogP contribution in [0.15, 0.2) is 76.8 Å². The summed E-state index contributed by atoms with van der Waals surface area (Å²) in [6.45, 7) is 0.509. The summed E-state index contributed by atoms with van der Waals surface area (Å²) in [6, 6.07) is 10.8. The molecule has 2 heterocycles. The lowest BCUT2D eigenvalue weighted by Crippen LogP contribution is -2.04. The Morgan fingerprint density at radius 1 is 1.12 bits per heavy atom. The van der Waals surface area contributed by atoms with Gasteiger partial charge in [0.25, 0.3) is 0 Å². The fourth-order valence-electron chi connectivity index (χ4n) is 2.49. The molecule has 0 aliphatic heterocycles. The summed E-state index contributed by atoms with van der Waals surface area (Å²) in [5, 5.41) is 18.6. The number of halogens is 1. The van der Waals surface area contributed by atoms with E-state index in [0.717, 1.165) is 4.88 Å². The number of benzene rings is 1. The van der Waals surface area contributed by atoms with E-state index in [1.165, 1.54) is 35.9 Å². The number of sulfone groups is 1. The number of aromatic nitrogens is 1. The van der Waals surface area contributed by atoms with Gasteiger partial charge in [0, 0.05) is 41.5 Å². The molecule has 3 N–H and O–H groups in total. The highest BCUT2D eigenvalue weighted by atomic mass is 32.2. The highest BCUT2D eigenvalue weighted by Gasteiger charge is 2.26. The molecule has 32 heavy (non-hydrogen) atoms. The van der Waals surface area contributed by atoms with Crippen molar-refractivity contribution < 1.29 is 32.6 Å². The van der Waals surface area contributed by atoms with Crippen LogP contribution in [0.1, 0.15) is 4.88 Å². The van der Waals surface area contributed by atoms with Crippen molar-refractivity contribution in [3.8, 4) is 10.4 Å². The molecule has 0 spiro atoms. The molecule has 0 amide bonds. The maximum absolute atomic E-state index is 14.2. The molecule has 11 heteroatoms. The first-order chi connectivity index (χ1) is 15.2. The molecule has 0 aliphatic carbocycles. The Labute approximate surface area is 187 Å². The van der Waals surface area contributed by atoms with Crippen LogP contribution in [0.3, 0.4) is 0 Å². The van der Waals surface area contributed by atoms with Crippen LogP contribution in [-0.2, 0) is 26.0 Å². The van der Waals surface area contributed by atoms with Gasteiger partial charge in [-0.1, -0.05) is 18.2 Å². The minimum atomic E-state index is -3.78. The summed E-state index contributed by atoms with van der Waals surface area (Å²) in [7, 11) is -2.00. The van der Waals surface area contributed by atoms with Gasteiger partial charge < -0.3 is 15.5 Å². The van der Waals surface area contributed by atoms with Crippen LogP contribution in [0.5, 0.6) is 0 Å². The van der Waals surface area contributed by atoms with E-state index < -0.39 is 27.6 Å². The predicted octanol–water partition coefficient (Wildman–Crippen LogP) is 3.21. The molecule has 0 saturated carbocycles. The van der Waals surface area contributed by atoms with Gasteiger partial charge in [-0.25, -0.2) is 22.4 Å². The average Bonchev–Trinajstić information content (AvgIpc) is 3.18. The Hall–Kier alpha value is -3.41. The number of thiophene rings is 1. The third-order valence-electron chi connectivity index (χ3n) is 3.82. The quantitative estimate of drug-likeness (QED) is 0.441. The first kappa shape index (κ1) is 24.9. The van der Waals surface area contributed by atoms with Gasteiger partial charge >= 0.3 is 11.9 Å². The second-order valence-electron chi connectivity index (χ2n) is 6.12. The van der Waals surface area contributed by atoms with E-state index in [1.54, 1.807) is 37.4 Å². The second-order valence-corrected chi connectivity index (χ2v) is 9.17. The van der Waals surface area contributed by atoms with Crippen molar-refractivity contribution >= 4 is 33.1 Å². The largest absolute Gasteiger partial charge is 0.478 e. The molecule has 1 aromatic carbocycles. The lowest BCUT2D eigenvalue weighted by molar-refractivity contribution is -0.134. The molecule has 0 aliphatic rings. The van der Waals surface area contributed by atoms with E-state index in [0.29, 0.717) is 23.6 Å². The molecule has 0 saturated heterocycles. The summed E-state index contributed by atoms with van der Waals surface area (Å²) in [4.78, 5) is 24.4. The van der Waals surface area contributed by atoms with Gasteiger partial charge in [0.1, 0.15) is 5.82 Å². The van der Waals surface area contributed by atoms with Crippen LogP contribution in [0, 0.1) is 5.82 Å². The summed E-state index contributed by atoms with van der Waals surface area (Å²) >= 11 is 1.27. The van der Waals surface area contributed by atoms with E-state index in [-0.39, 0.29) is 15.4 Å². The first-order valence-electron chi connectivity index (χ1n) is 8.98. The summed E-state index contributed by atoms with van der Waals surface area (Å²) in [6.07, 6.45) is 3.93. The molecule has 0 radical (unpaired) electrons. The normalized spacial score (nSPS) is 11.1. The maximum Gasteiger partial charge on any atom is 0.328 e. The minimum absolute atomic E-state index is 0.0939. The summed E-state index contributed by atoms with van der Waals surface area (Å²) < 4.78 is 40.2. The Kier molecular flexibility index (Phi) is 8.76. The molecule has 0 unspecified atom stereocenters. The Morgan fingerprint density at radius 2 is 1.78 bits per heavy atom. The van der Waals surface area contributed by atoms with Gasteiger partial charge in [-0.15, -0.1) is 11.3 Å². The molecule has 0 bridgehead atoms. The summed E-state index contributed by atoms with van der Waals surface area (Å²) in [5.41, 5.74) is 0.285. The van der Waals surface area contributed by atoms with Crippen LogP contribution in [0.2, 0.25) is 0 Å². The van der Waals surface area contributed by atoms with E-state index in [9.17, 15) is 22.4 Å². The molecular formula is C21H19FN2O6S2.